The van der Waals surface area contributed by atoms with Crippen LogP contribution in [0.1, 0.15) is 54.7 Å². The first-order valence-corrected chi connectivity index (χ1v) is 13.2. The van der Waals surface area contributed by atoms with Crippen LogP contribution in [0.5, 0.6) is 11.5 Å². The van der Waals surface area contributed by atoms with Crippen molar-refractivity contribution in [3.8, 4) is 11.5 Å². The predicted molar refractivity (Wildman–Crippen MR) is 144 cm³/mol. The van der Waals surface area contributed by atoms with Crippen molar-refractivity contribution in [2.24, 2.45) is 5.14 Å². The van der Waals surface area contributed by atoms with Crippen molar-refractivity contribution in [1.29, 1.82) is 0 Å². The Kier molecular flexibility index (Phi) is 6.15. The molecule has 0 radical (unpaired) electrons. The van der Waals surface area contributed by atoms with Crippen LogP contribution in [-0.4, -0.2) is 36.4 Å². The Morgan fingerprint density at radius 3 is 1.80 bits per heavy atom. The van der Waals surface area contributed by atoms with Crippen LogP contribution in [0.2, 0.25) is 0 Å². The fourth-order valence-corrected chi connectivity index (χ4v) is 6.26. The number of hydrogen-bond acceptors (Lipinski definition) is 6. The highest BCUT2D eigenvalue weighted by Gasteiger charge is 2.56. The van der Waals surface area contributed by atoms with Gasteiger partial charge in [-0.05, 0) is 45.9 Å². The van der Waals surface area contributed by atoms with Gasteiger partial charge in [-0.2, -0.15) is 0 Å². The summed E-state index contributed by atoms with van der Waals surface area (Å²) in [6.45, 7) is 12.2. The van der Waals surface area contributed by atoms with Gasteiger partial charge < -0.3 is 14.5 Å². The first kappa shape index (κ1) is 23.6. The van der Waals surface area contributed by atoms with Gasteiger partial charge in [0, 0.05) is 84.1 Å². The molecule has 0 aromatic heterocycles. The van der Waals surface area contributed by atoms with Crippen molar-refractivity contribution in [3.63, 3.8) is 0 Å². The molecule has 3 aromatic carbocycles. The molecule has 0 bridgehead atoms. The van der Waals surface area contributed by atoms with Crippen LogP contribution in [0.15, 0.2) is 60.7 Å². The van der Waals surface area contributed by atoms with Gasteiger partial charge in [-0.25, -0.2) is 4.31 Å². The highest BCUT2D eigenvalue weighted by atomic mass is 32.2. The Morgan fingerprint density at radius 1 is 0.800 bits per heavy atom. The summed E-state index contributed by atoms with van der Waals surface area (Å²) in [6, 6.07) is 20.5. The number of anilines is 2. The molecule has 0 unspecified atom stereocenters. The Hall–Kier alpha value is -3.16. The minimum absolute atomic E-state index is 0.0902. The van der Waals surface area contributed by atoms with Crippen molar-refractivity contribution >= 4 is 29.4 Å². The van der Waals surface area contributed by atoms with Gasteiger partial charge in [0.2, 0.25) is 0 Å². The number of ether oxygens (including phenoxy) is 1. The molecule has 0 aliphatic carbocycles. The number of hydrogen-bond donors (Lipinski definition) is 1. The standard InChI is InChI=1S/C28H32N4O2S/c1-5-30(6-2)19-13-15-23-25(17-19)34-26-18-20(31(7-3)8-4)14-16-24(26)28(23)22-12-10-9-11-21(22)27(33)32(28)35-29/h9-18H,5-8,29H2,1-4H3. The van der Waals surface area contributed by atoms with Crippen molar-refractivity contribution in [2.45, 2.75) is 33.2 Å². The highest BCUT2D eigenvalue weighted by molar-refractivity contribution is 7.95. The molecule has 2 N–H and O–H groups in total. The molecule has 2 aliphatic rings. The summed E-state index contributed by atoms with van der Waals surface area (Å²) in [5.41, 5.74) is 4.76. The summed E-state index contributed by atoms with van der Waals surface area (Å²) in [6.07, 6.45) is 0. The molecular weight excluding hydrogens is 456 g/mol. The Bertz CT molecular complexity index is 1210. The van der Waals surface area contributed by atoms with E-state index in [1.807, 2.05) is 24.3 Å². The van der Waals surface area contributed by atoms with Crippen molar-refractivity contribution in [3.05, 3.63) is 82.9 Å². The third-order valence-electron chi connectivity index (χ3n) is 7.33. The normalized spacial score (nSPS) is 14.9. The van der Waals surface area contributed by atoms with Crippen LogP contribution in [0, 0.1) is 0 Å². The number of nitrogens with zero attached hydrogens (tertiary/aromatic N) is 3. The minimum Gasteiger partial charge on any atom is -0.456 e. The largest absolute Gasteiger partial charge is 0.456 e. The van der Waals surface area contributed by atoms with Crippen molar-refractivity contribution in [2.75, 3.05) is 36.0 Å². The second-order valence-electron chi connectivity index (χ2n) is 8.77. The molecule has 0 atom stereocenters. The third-order valence-corrected chi connectivity index (χ3v) is 7.98. The number of fused-ring (bicyclic) bond motifs is 6. The molecular formula is C28H32N4O2S. The molecule has 0 fully saturated rings. The second-order valence-corrected chi connectivity index (χ2v) is 9.34. The Labute approximate surface area is 211 Å². The zero-order valence-electron chi connectivity index (χ0n) is 20.7. The van der Waals surface area contributed by atoms with E-state index in [0.29, 0.717) is 5.56 Å². The van der Waals surface area contributed by atoms with E-state index in [-0.39, 0.29) is 5.91 Å². The molecule has 5 rings (SSSR count). The Balaban J connectivity index is 1.82. The summed E-state index contributed by atoms with van der Waals surface area (Å²) < 4.78 is 8.34. The van der Waals surface area contributed by atoms with Gasteiger partial charge in [0.05, 0.1) is 0 Å². The number of benzene rings is 3. The van der Waals surface area contributed by atoms with E-state index in [2.05, 4.69) is 73.9 Å². The number of rotatable bonds is 7. The molecule has 1 amide bonds. The predicted octanol–water partition coefficient (Wildman–Crippen LogP) is 5.75. The number of carbonyl (C=O) groups excluding carboxylic acids is 1. The molecule has 182 valence electrons. The minimum atomic E-state index is -0.875. The monoisotopic (exact) mass is 488 g/mol. The Morgan fingerprint density at radius 2 is 1.31 bits per heavy atom. The average molecular weight is 489 g/mol. The maximum atomic E-state index is 13.6. The van der Waals surface area contributed by atoms with E-state index in [1.165, 1.54) is 0 Å². The zero-order chi connectivity index (χ0) is 24.7. The van der Waals surface area contributed by atoms with Gasteiger partial charge in [0.1, 0.15) is 17.0 Å². The zero-order valence-corrected chi connectivity index (χ0v) is 21.6. The molecule has 3 aromatic rings. The lowest BCUT2D eigenvalue weighted by atomic mass is 9.75. The van der Waals surface area contributed by atoms with Gasteiger partial charge in [0.15, 0.2) is 0 Å². The second kappa shape index (κ2) is 9.13. The first-order valence-electron chi connectivity index (χ1n) is 12.3. The highest BCUT2D eigenvalue weighted by Crippen LogP contribution is 2.59. The molecule has 2 heterocycles. The van der Waals surface area contributed by atoms with E-state index in [0.717, 1.165) is 77.9 Å². The van der Waals surface area contributed by atoms with Crippen LogP contribution in [0.3, 0.4) is 0 Å². The average Bonchev–Trinajstić information content (AvgIpc) is 3.14. The lowest BCUT2D eigenvalue weighted by molar-refractivity contribution is 0.0840. The smallest absolute Gasteiger partial charge is 0.266 e. The maximum Gasteiger partial charge on any atom is 0.266 e. The van der Waals surface area contributed by atoms with Crippen LogP contribution < -0.4 is 19.7 Å². The molecule has 0 saturated carbocycles. The summed E-state index contributed by atoms with van der Waals surface area (Å²) in [5.74, 6) is 1.41. The number of nitrogens with two attached hydrogens (primary N) is 1. The van der Waals surface area contributed by atoms with Crippen molar-refractivity contribution in [1.82, 2.24) is 4.31 Å². The van der Waals surface area contributed by atoms with Gasteiger partial charge >= 0.3 is 0 Å². The van der Waals surface area contributed by atoms with E-state index in [9.17, 15) is 4.79 Å². The summed E-state index contributed by atoms with van der Waals surface area (Å²) >= 11 is 0.976. The van der Waals surface area contributed by atoms with Gasteiger partial charge in [0.25, 0.3) is 5.91 Å². The van der Waals surface area contributed by atoms with Gasteiger partial charge in [-0.15, -0.1) is 0 Å². The van der Waals surface area contributed by atoms with Gasteiger partial charge in [-0.1, -0.05) is 30.3 Å². The van der Waals surface area contributed by atoms with Crippen LogP contribution in [0.25, 0.3) is 0 Å². The van der Waals surface area contributed by atoms with Crippen LogP contribution in [0.4, 0.5) is 11.4 Å². The molecule has 0 saturated heterocycles. The maximum absolute atomic E-state index is 13.6. The lowest BCUT2D eigenvalue weighted by Crippen LogP contribution is -2.44. The third kappa shape index (κ3) is 3.32. The molecule has 6 nitrogen and oxygen atoms in total. The van der Waals surface area contributed by atoms with Gasteiger partial charge in [-0.3, -0.25) is 9.93 Å². The quantitative estimate of drug-likeness (QED) is 0.427. The molecule has 2 aliphatic heterocycles. The van der Waals surface area contributed by atoms with Crippen molar-refractivity contribution < 1.29 is 9.53 Å². The lowest BCUT2D eigenvalue weighted by Gasteiger charge is -2.43. The van der Waals surface area contributed by atoms with Crippen LogP contribution >= 0.6 is 12.1 Å². The van der Waals surface area contributed by atoms with Crippen LogP contribution in [-0.2, 0) is 5.54 Å². The number of amides is 1. The molecule has 35 heavy (non-hydrogen) atoms. The number of carbonyl (C=O) groups is 1. The summed E-state index contributed by atoms with van der Waals surface area (Å²) in [5, 5.41) is 6.23. The fourth-order valence-electron chi connectivity index (χ4n) is 5.62. The van der Waals surface area contributed by atoms with E-state index >= 15 is 0 Å². The van der Waals surface area contributed by atoms with E-state index in [4.69, 9.17) is 9.88 Å². The first-order chi connectivity index (χ1) is 17.0. The topological polar surface area (TPSA) is 62.0 Å². The SMILES string of the molecule is CCN(CC)c1ccc2c(c1)Oc1cc(N(CC)CC)ccc1C21c2ccccc2C(=O)N1SN. The molecule has 7 heteroatoms. The van der Waals surface area contributed by atoms with E-state index in [1.54, 1.807) is 4.31 Å². The molecule has 1 spiro atoms. The summed E-state index contributed by atoms with van der Waals surface area (Å²) in [7, 11) is 0. The summed E-state index contributed by atoms with van der Waals surface area (Å²) in [4.78, 5) is 18.2. The fraction of sp³-hybridized carbons (Fsp3) is 0.321. The van der Waals surface area contributed by atoms with E-state index < -0.39 is 5.54 Å².